The van der Waals surface area contributed by atoms with Crippen molar-refractivity contribution in [2.45, 2.75) is 6.54 Å². The summed E-state index contributed by atoms with van der Waals surface area (Å²) in [5.41, 5.74) is 3.29. The van der Waals surface area contributed by atoms with Crippen LogP contribution in [0.4, 0.5) is 5.69 Å². The van der Waals surface area contributed by atoms with Crippen molar-refractivity contribution in [3.8, 4) is 16.9 Å². The van der Waals surface area contributed by atoms with Crippen LogP contribution in [0.15, 0.2) is 61.0 Å². The molecule has 0 saturated heterocycles. The van der Waals surface area contributed by atoms with Crippen molar-refractivity contribution in [2.75, 3.05) is 32.6 Å². The second kappa shape index (κ2) is 8.51. The summed E-state index contributed by atoms with van der Waals surface area (Å²) < 4.78 is 5.60. The SMILES string of the molecule is C=C(NC(=O)C(=C)N1Cc2c(cccc2-c2ccc3c(c2)OCC(=O)N3C)C1=O)C(=O)N(C)C. The van der Waals surface area contributed by atoms with E-state index in [0.717, 1.165) is 16.7 Å². The molecule has 9 heteroatoms. The molecule has 4 rings (SSSR count). The summed E-state index contributed by atoms with van der Waals surface area (Å²) in [6, 6.07) is 10.8. The maximum Gasteiger partial charge on any atom is 0.271 e. The average molecular weight is 460 g/mol. The number of nitrogens with zero attached hydrogens (tertiary/aromatic N) is 3. The number of ether oxygens (including phenoxy) is 1. The number of fused-ring (bicyclic) bond motifs is 2. The second-order valence-corrected chi connectivity index (χ2v) is 8.23. The van der Waals surface area contributed by atoms with E-state index < -0.39 is 11.8 Å². The minimum absolute atomic E-state index is 0.0390. The highest BCUT2D eigenvalue weighted by molar-refractivity contribution is 6.08. The van der Waals surface area contributed by atoms with Gasteiger partial charge in [0.15, 0.2) is 6.61 Å². The molecule has 0 atom stereocenters. The molecule has 174 valence electrons. The topological polar surface area (TPSA) is 99.3 Å². The second-order valence-electron chi connectivity index (χ2n) is 8.23. The van der Waals surface area contributed by atoms with E-state index in [2.05, 4.69) is 18.5 Å². The van der Waals surface area contributed by atoms with Gasteiger partial charge < -0.3 is 19.9 Å². The third-order valence-corrected chi connectivity index (χ3v) is 5.84. The first-order chi connectivity index (χ1) is 16.1. The van der Waals surface area contributed by atoms with Gasteiger partial charge >= 0.3 is 0 Å². The molecule has 2 aliphatic rings. The van der Waals surface area contributed by atoms with E-state index in [-0.39, 0.29) is 36.4 Å². The van der Waals surface area contributed by atoms with Gasteiger partial charge in [0.05, 0.1) is 17.9 Å². The number of likely N-dealkylation sites (N-methyl/N-ethyl adjacent to an activating group) is 2. The van der Waals surface area contributed by atoms with Crippen LogP contribution in [-0.2, 0) is 20.9 Å². The minimum Gasteiger partial charge on any atom is -0.482 e. The fourth-order valence-electron chi connectivity index (χ4n) is 3.92. The number of carbonyl (C=O) groups is 4. The van der Waals surface area contributed by atoms with E-state index in [1.54, 1.807) is 30.1 Å². The molecule has 0 unspecified atom stereocenters. The molecule has 0 bridgehead atoms. The first-order valence-corrected chi connectivity index (χ1v) is 10.5. The average Bonchev–Trinajstić information content (AvgIpc) is 3.16. The molecular formula is C25H24N4O5. The molecular weight excluding hydrogens is 436 g/mol. The molecule has 0 saturated carbocycles. The van der Waals surface area contributed by atoms with Crippen molar-refractivity contribution in [1.29, 1.82) is 0 Å². The molecule has 0 fully saturated rings. The predicted octanol–water partition coefficient (Wildman–Crippen LogP) is 1.90. The molecule has 4 amide bonds. The molecule has 2 aromatic carbocycles. The lowest BCUT2D eigenvalue weighted by molar-refractivity contribution is -0.127. The summed E-state index contributed by atoms with van der Waals surface area (Å²) in [7, 11) is 4.77. The Labute approximate surface area is 196 Å². The van der Waals surface area contributed by atoms with Crippen LogP contribution >= 0.6 is 0 Å². The monoisotopic (exact) mass is 460 g/mol. The van der Waals surface area contributed by atoms with Gasteiger partial charge in [0.2, 0.25) is 0 Å². The smallest absolute Gasteiger partial charge is 0.271 e. The fraction of sp³-hybridized carbons (Fsp3) is 0.200. The van der Waals surface area contributed by atoms with Crippen LogP contribution in [0.3, 0.4) is 0 Å². The summed E-state index contributed by atoms with van der Waals surface area (Å²) in [6.45, 7) is 7.45. The zero-order chi connectivity index (χ0) is 24.7. The normalized spacial score (nSPS) is 14.2. The zero-order valence-corrected chi connectivity index (χ0v) is 19.2. The van der Waals surface area contributed by atoms with Crippen LogP contribution in [0.2, 0.25) is 0 Å². The van der Waals surface area contributed by atoms with E-state index in [1.807, 2.05) is 18.2 Å². The van der Waals surface area contributed by atoms with Crippen LogP contribution in [0.5, 0.6) is 5.75 Å². The Morgan fingerprint density at radius 1 is 1.09 bits per heavy atom. The van der Waals surface area contributed by atoms with Gasteiger partial charge in [0.25, 0.3) is 23.6 Å². The zero-order valence-electron chi connectivity index (χ0n) is 19.2. The van der Waals surface area contributed by atoms with Crippen LogP contribution in [0.25, 0.3) is 11.1 Å². The molecule has 2 aliphatic heterocycles. The highest BCUT2D eigenvalue weighted by Gasteiger charge is 2.34. The van der Waals surface area contributed by atoms with Crippen molar-refractivity contribution in [2.24, 2.45) is 0 Å². The summed E-state index contributed by atoms with van der Waals surface area (Å²) in [6.07, 6.45) is 0. The molecule has 1 N–H and O–H groups in total. The van der Waals surface area contributed by atoms with E-state index in [1.165, 1.54) is 23.9 Å². The van der Waals surface area contributed by atoms with Gasteiger partial charge in [-0.1, -0.05) is 31.4 Å². The third-order valence-electron chi connectivity index (χ3n) is 5.84. The third kappa shape index (κ3) is 3.81. The molecule has 9 nitrogen and oxygen atoms in total. The maximum atomic E-state index is 13.1. The molecule has 2 heterocycles. The predicted molar refractivity (Wildman–Crippen MR) is 126 cm³/mol. The van der Waals surface area contributed by atoms with Crippen molar-refractivity contribution in [3.05, 3.63) is 72.1 Å². The number of rotatable bonds is 5. The van der Waals surface area contributed by atoms with Gasteiger partial charge in [-0.3, -0.25) is 24.1 Å². The highest BCUT2D eigenvalue weighted by Crippen LogP contribution is 2.39. The van der Waals surface area contributed by atoms with Crippen molar-refractivity contribution in [3.63, 3.8) is 0 Å². The van der Waals surface area contributed by atoms with Crippen LogP contribution in [0.1, 0.15) is 15.9 Å². The Morgan fingerprint density at radius 3 is 2.50 bits per heavy atom. The quantitative estimate of drug-likeness (QED) is 0.687. The van der Waals surface area contributed by atoms with Crippen molar-refractivity contribution >= 4 is 29.3 Å². The van der Waals surface area contributed by atoms with E-state index in [4.69, 9.17) is 4.74 Å². The Kier molecular flexibility index (Phi) is 5.70. The van der Waals surface area contributed by atoms with Crippen LogP contribution in [0, 0.1) is 0 Å². The number of anilines is 1. The molecule has 0 spiro atoms. The number of hydrogen-bond donors (Lipinski definition) is 1. The Morgan fingerprint density at radius 2 is 1.79 bits per heavy atom. The lowest BCUT2D eigenvalue weighted by Gasteiger charge is -2.26. The summed E-state index contributed by atoms with van der Waals surface area (Å²) in [5, 5.41) is 2.41. The van der Waals surface area contributed by atoms with Gasteiger partial charge in [-0.15, -0.1) is 0 Å². The first-order valence-electron chi connectivity index (χ1n) is 10.5. The lowest BCUT2D eigenvalue weighted by Crippen LogP contribution is -2.38. The lowest BCUT2D eigenvalue weighted by atomic mass is 9.96. The number of benzene rings is 2. The first kappa shape index (κ1) is 22.8. The van der Waals surface area contributed by atoms with Crippen molar-refractivity contribution in [1.82, 2.24) is 15.1 Å². The highest BCUT2D eigenvalue weighted by atomic mass is 16.5. The summed E-state index contributed by atoms with van der Waals surface area (Å²) >= 11 is 0. The van der Waals surface area contributed by atoms with Crippen molar-refractivity contribution < 1.29 is 23.9 Å². The molecule has 2 aromatic rings. The van der Waals surface area contributed by atoms with Gasteiger partial charge in [-0.2, -0.15) is 0 Å². The van der Waals surface area contributed by atoms with Crippen LogP contribution < -0.4 is 15.0 Å². The van der Waals surface area contributed by atoms with E-state index in [0.29, 0.717) is 17.0 Å². The summed E-state index contributed by atoms with van der Waals surface area (Å²) in [4.78, 5) is 53.7. The van der Waals surface area contributed by atoms with Gasteiger partial charge in [0, 0.05) is 26.7 Å². The standard InChI is InChI=1S/C25H24N4O5/c1-14(24(32)27(3)4)26-23(31)15(2)29-12-19-17(7-6-8-18(19)25(29)33)16-9-10-20-21(11-16)34-13-22(30)28(20)5/h6-11H,1-2,12-13H2,3-5H3,(H,26,31). The Balaban J connectivity index is 1.60. The Hall–Kier alpha value is -4.40. The largest absolute Gasteiger partial charge is 0.482 e. The van der Waals surface area contributed by atoms with Gasteiger partial charge in [0.1, 0.15) is 11.4 Å². The molecule has 0 aromatic heterocycles. The Bertz CT molecular complexity index is 1280. The summed E-state index contributed by atoms with van der Waals surface area (Å²) in [5.74, 6) is -1.06. The molecule has 34 heavy (non-hydrogen) atoms. The van der Waals surface area contributed by atoms with Gasteiger partial charge in [-0.25, -0.2) is 0 Å². The fourth-order valence-corrected chi connectivity index (χ4v) is 3.92. The van der Waals surface area contributed by atoms with Gasteiger partial charge in [-0.05, 0) is 34.9 Å². The molecule has 0 radical (unpaired) electrons. The number of carbonyl (C=O) groups excluding carboxylic acids is 4. The molecule has 0 aliphatic carbocycles. The van der Waals surface area contributed by atoms with E-state index in [9.17, 15) is 19.2 Å². The van der Waals surface area contributed by atoms with Crippen LogP contribution in [-0.4, -0.2) is 61.2 Å². The number of amides is 4. The number of hydrogen-bond acceptors (Lipinski definition) is 5. The maximum absolute atomic E-state index is 13.1. The van der Waals surface area contributed by atoms with E-state index >= 15 is 0 Å². The minimum atomic E-state index is -0.683. The number of nitrogens with one attached hydrogen (secondary N) is 1.